The van der Waals surface area contributed by atoms with Crippen molar-refractivity contribution in [1.82, 2.24) is 5.32 Å². The van der Waals surface area contributed by atoms with Crippen LogP contribution in [0.1, 0.15) is 23.6 Å². The molecule has 0 spiro atoms. The first-order valence-electron chi connectivity index (χ1n) is 5.83. The fraction of sp³-hybridized carbons (Fsp3) is 0.462. The molecule has 1 aromatic rings. The van der Waals surface area contributed by atoms with Gasteiger partial charge in [0.2, 0.25) is 0 Å². The maximum absolute atomic E-state index is 13.7. The Hall–Kier alpha value is -1.62. The Bertz CT molecular complexity index is 476. The standard InChI is InChI=1S/C13H16FNO3/c1-7-3-4-9(14)12(18-2)11(7)10-5-8(6-15-10)13(16)17/h3-4,8,10,15H,5-6H2,1-2H3,(H,16,17). The molecule has 1 heterocycles. The molecule has 5 heteroatoms. The number of hydrogen-bond acceptors (Lipinski definition) is 3. The quantitative estimate of drug-likeness (QED) is 0.863. The van der Waals surface area contributed by atoms with Crippen LogP contribution in [0.3, 0.4) is 0 Å². The Kier molecular flexibility index (Phi) is 3.52. The molecule has 0 amide bonds. The molecule has 1 aliphatic rings. The first-order chi connectivity index (χ1) is 8.54. The molecule has 4 nitrogen and oxygen atoms in total. The summed E-state index contributed by atoms with van der Waals surface area (Å²) in [4.78, 5) is 10.9. The lowest BCUT2D eigenvalue weighted by atomic mass is 9.95. The van der Waals surface area contributed by atoms with Crippen molar-refractivity contribution in [3.05, 3.63) is 29.1 Å². The Balaban J connectivity index is 2.34. The van der Waals surface area contributed by atoms with Crippen molar-refractivity contribution in [3.63, 3.8) is 0 Å². The molecular formula is C13H16FNO3. The van der Waals surface area contributed by atoms with Crippen molar-refractivity contribution in [2.45, 2.75) is 19.4 Å². The summed E-state index contributed by atoms with van der Waals surface area (Å²) in [6.45, 7) is 2.27. The minimum atomic E-state index is -0.821. The molecule has 0 saturated carbocycles. The molecule has 1 saturated heterocycles. The van der Waals surface area contributed by atoms with Crippen molar-refractivity contribution in [2.24, 2.45) is 5.92 Å². The summed E-state index contributed by atoms with van der Waals surface area (Å²) in [6, 6.07) is 2.88. The number of carboxylic acid groups (broad SMARTS) is 1. The van der Waals surface area contributed by atoms with E-state index in [4.69, 9.17) is 9.84 Å². The zero-order valence-corrected chi connectivity index (χ0v) is 10.4. The van der Waals surface area contributed by atoms with Crippen molar-refractivity contribution in [3.8, 4) is 5.75 Å². The van der Waals surface area contributed by atoms with Crippen LogP contribution >= 0.6 is 0 Å². The number of nitrogens with one attached hydrogen (secondary N) is 1. The summed E-state index contributed by atoms with van der Waals surface area (Å²) in [5, 5.41) is 12.1. The molecule has 0 bridgehead atoms. The van der Waals surface area contributed by atoms with E-state index in [-0.39, 0.29) is 11.8 Å². The number of benzene rings is 1. The summed E-state index contributed by atoms with van der Waals surface area (Å²) in [6.07, 6.45) is 0.454. The van der Waals surface area contributed by atoms with Gasteiger partial charge in [0.1, 0.15) is 0 Å². The second-order valence-electron chi connectivity index (χ2n) is 4.54. The van der Waals surface area contributed by atoms with Crippen LogP contribution in [0.2, 0.25) is 0 Å². The van der Waals surface area contributed by atoms with Crippen LogP contribution < -0.4 is 10.1 Å². The van der Waals surface area contributed by atoms with Crippen LogP contribution in [-0.4, -0.2) is 24.7 Å². The molecule has 0 aromatic heterocycles. The van der Waals surface area contributed by atoms with Crippen LogP contribution in [0.25, 0.3) is 0 Å². The number of carbonyl (C=O) groups is 1. The van der Waals surface area contributed by atoms with Crippen molar-refractivity contribution < 1.29 is 19.0 Å². The number of aryl methyl sites for hydroxylation is 1. The average molecular weight is 253 g/mol. The topological polar surface area (TPSA) is 58.6 Å². The molecule has 1 aromatic carbocycles. The number of halogens is 1. The summed E-state index contributed by atoms with van der Waals surface area (Å²) >= 11 is 0. The lowest BCUT2D eigenvalue weighted by molar-refractivity contribution is -0.141. The van der Waals surface area contributed by atoms with Gasteiger partial charge in [-0.15, -0.1) is 0 Å². The molecule has 2 unspecified atom stereocenters. The van der Waals surface area contributed by atoms with Crippen LogP contribution in [0.5, 0.6) is 5.75 Å². The predicted molar refractivity (Wildman–Crippen MR) is 64.2 cm³/mol. The summed E-state index contributed by atoms with van der Waals surface area (Å²) in [7, 11) is 1.42. The molecule has 2 atom stereocenters. The molecule has 2 rings (SSSR count). The van der Waals surface area contributed by atoms with Gasteiger partial charge >= 0.3 is 5.97 Å². The zero-order valence-electron chi connectivity index (χ0n) is 10.4. The van der Waals surface area contributed by atoms with Gasteiger partial charge in [0.05, 0.1) is 13.0 Å². The number of ether oxygens (including phenoxy) is 1. The number of aliphatic carboxylic acids is 1. The lowest BCUT2D eigenvalue weighted by Crippen LogP contribution is -2.18. The number of methoxy groups -OCH3 is 1. The van der Waals surface area contributed by atoms with E-state index < -0.39 is 17.7 Å². The second-order valence-corrected chi connectivity index (χ2v) is 4.54. The van der Waals surface area contributed by atoms with Crippen molar-refractivity contribution in [1.29, 1.82) is 0 Å². The maximum Gasteiger partial charge on any atom is 0.307 e. The number of carboxylic acids is 1. The van der Waals surface area contributed by atoms with Crippen LogP contribution in [-0.2, 0) is 4.79 Å². The SMILES string of the molecule is COc1c(F)ccc(C)c1C1CC(C(=O)O)CN1. The van der Waals surface area contributed by atoms with Gasteiger partial charge in [0.15, 0.2) is 11.6 Å². The van der Waals surface area contributed by atoms with E-state index >= 15 is 0 Å². The van der Waals surface area contributed by atoms with E-state index in [0.717, 1.165) is 11.1 Å². The fourth-order valence-corrected chi connectivity index (χ4v) is 2.46. The van der Waals surface area contributed by atoms with E-state index in [1.54, 1.807) is 6.07 Å². The zero-order chi connectivity index (χ0) is 13.3. The van der Waals surface area contributed by atoms with E-state index in [0.29, 0.717) is 13.0 Å². The maximum atomic E-state index is 13.7. The molecule has 98 valence electrons. The molecule has 0 radical (unpaired) electrons. The number of rotatable bonds is 3. The Labute approximate surface area is 105 Å². The van der Waals surface area contributed by atoms with Crippen LogP contribution in [0, 0.1) is 18.7 Å². The summed E-state index contributed by atoms with van der Waals surface area (Å²) in [5.41, 5.74) is 1.62. The van der Waals surface area contributed by atoms with Gasteiger partial charge in [-0.25, -0.2) is 4.39 Å². The van der Waals surface area contributed by atoms with Gasteiger partial charge in [-0.3, -0.25) is 4.79 Å². The highest BCUT2D eigenvalue weighted by Crippen LogP contribution is 2.36. The van der Waals surface area contributed by atoms with E-state index in [2.05, 4.69) is 5.32 Å². The third-order valence-electron chi connectivity index (χ3n) is 3.40. The van der Waals surface area contributed by atoms with Gasteiger partial charge in [0.25, 0.3) is 0 Å². The molecule has 0 aliphatic carbocycles. The van der Waals surface area contributed by atoms with E-state index in [1.807, 2.05) is 6.92 Å². The van der Waals surface area contributed by atoms with Gasteiger partial charge in [0, 0.05) is 18.2 Å². The molecule has 18 heavy (non-hydrogen) atoms. The molecular weight excluding hydrogens is 237 g/mol. The highest BCUT2D eigenvalue weighted by molar-refractivity contribution is 5.71. The lowest BCUT2D eigenvalue weighted by Gasteiger charge is -2.18. The van der Waals surface area contributed by atoms with Crippen LogP contribution in [0.15, 0.2) is 12.1 Å². The van der Waals surface area contributed by atoms with Crippen molar-refractivity contribution in [2.75, 3.05) is 13.7 Å². The number of hydrogen-bond donors (Lipinski definition) is 2. The van der Waals surface area contributed by atoms with E-state index in [9.17, 15) is 9.18 Å². The largest absolute Gasteiger partial charge is 0.493 e. The van der Waals surface area contributed by atoms with Gasteiger partial charge in [-0.2, -0.15) is 0 Å². The third-order valence-corrected chi connectivity index (χ3v) is 3.40. The Morgan fingerprint density at radius 3 is 2.83 bits per heavy atom. The highest BCUT2D eigenvalue weighted by Gasteiger charge is 2.33. The first kappa shape index (κ1) is 12.8. The smallest absolute Gasteiger partial charge is 0.307 e. The normalized spacial score (nSPS) is 23.1. The molecule has 1 aliphatic heterocycles. The van der Waals surface area contributed by atoms with Gasteiger partial charge in [-0.1, -0.05) is 6.07 Å². The summed E-state index contributed by atoms with van der Waals surface area (Å²) < 4.78 is 18.8. The first-order valence-corrected chi connectivity index (χ1v) is 5.83. The highest BCUT2D eigenvalue weighted by atomic mass is 19.1. The summed E-state index contributed by atoms with van der Waals surface area (Å²) in [5.74, 6) is -1.46. The van der Waals surface area contributed by atoms with Gasteiger partial charge < -0.3 is 15.2 Å². The predicted octanol–water partition coefficient (Wildman–Crippen LogP) is 1.88. The minimum Gasteiger partial charge on any atom is -0.493 e. The fourth-order valence-electron chi connectivity index (χ4n) is 2.46. The molecule has 1 fully saturated rings. The second kappa shape index (κ2) is 4.94. The third kappa shape index (κ3) is 2.18. The Morgan fingerprint density at radius 1 is 1.56 bits per heavy atom. The molecule has 2 N–H and O–H groups in total. The average Bonchev–Trinajstić information content (AvgIpc) is 2.81. The minimum absolute atomic E-state index is 0.170. The van der Waals surface area contributed by atoms with Crippen molar-refractivity contribution >= 4 is 5.97 Å². The Morgan fingerprint density at radius 2 is 2.28 bits per heavy atom. The van der Waals surface area contributed by atoms with Gasteiger partial charge in [-0.05, 0) is 25.0 Å². The monoisotopic (exact) mass is 253 g/mol. The van der Waals surface area contributed by atoms with E-state index in [1.165, 1.54) is 13.2 Å². The van der Waals surface area contributed by atoms with Crippen LogP contribution in [0.4, 0.5) is 4.39 Å².